The topological polar surface area (TPSA) is 84.4 Å². The Morgan fingerprint density at radius 3 is 2.87 bits per heavy atom. The predicted molar refractivity (Wildman–Crippen MR) is 86.0 cm³/mol. The quantitative estimate of drug-likeness (QED) is 0.662. The van der Waals surface area contributed by atoms with Crippen LogP contribution in [0.3, 0.4) is 0 Å². The third-order valence-corrected chi connectivity index (χ3v) is 5.88. The smallest absolute Gasteiger partial charge is 0.306 e. The van der Waals surface area contributed by atoms with Crippen molar-refractivity contribution in [3.8, 4) is 0 Å². The number of piperidine rings is 1. The summed E-state index contributed by atoms with van der Waals surface area (Å²) >= 11 is 0. The highest BCUT2D eigenvalue weighted by Gasteiger charge is 2.51. The number of rotatable bonds is 5. The van der Waals surface area contributed by atoms with Crippen LogP contribution >= 0.6 is 0 Å². The molecule has 1 aliphatic carbocycles. The van der Waals surface area contributed by atoms with Crippen molar-refractivity contribution in [1.82, 2.24) is 14.7 Å². The van der Waals surface area contributed by atoms with Gasteiger partial charge in [0, 0.05) is 18.6 Å². The van der Waals surface area contributed by atoms with Crippen LogP contribution in [0.2, 0.25) is 0 Å². The molecule has 2 bridgehead atoms. The Bertz CT molecular complexity index is 600. The van der Waals surface area contributed by atoms with Gasteiger partial charge < -0.3 is 5.11 Å². The summed E-state index contributed by atoms with van der Waals surface area (Å²) in [5, 5.41) is 25.1. The SMILES string of the molecule is CC1(C)[C@H]2CC[C@](C)(C2)CN1CC(O)Cn1cc([N+](=O)[O-])cn1. The van der Waals surface area contributed by atoms with Gasteiger partial charge in [-0.1, -0.05) is 6.92 Å². The summed E-state index contributed by atoms with van der Waals surface area (Å²) in [6.07, 6.45) is 5.81. The van der Waals surface area contributed by atoms with E-state index in [0.29, 0.717) is 17.9 Å². The number of aromatic nitrogens is 2. The van der Waals surface area contributed by atoms with E-state index < -0.39 is 11.0 Å². The number of nitro groups is 1. The van der Waals surface area contributed by atoms with Crippen LogP contribution in [0.5, 0.6) is 0 Å². The Morgan fingerprint density at radius 2 is 2.22 bits per heavy atom. The van der Waals surface area contributed by atoms with Crippen molar-refractivity contribution >= 4 is 5.69 Å². The molecule has 1 aromatic heterocycles. The van der Waals surface area contributed by atoms with Crippen LogP contribution in [0.4, 0.5) is 5.69 Å². The lowest BCUT2D eigenvalue weighted by Gasteiger charge is -2.50. The molecule has 2 fully saturated rings. The molecule has 1 aliphatic heterocycles. The van der Waals surface area contributed by atoms with Crippen LogP contribution < -0.4 is 0 Å². The van der Waals surface area contributed by atoms with Crippen molar-refractivity contribution < 1.29 is 10.0 Å². The molecule has 3 rings (SSSR count). The number of nitrogens with zero attached hydrogens (tertiary/aromatic N) is 4. The molecular formula is C16H26N4O3. The summed E-state index contributed by atoms with van der Waals surface area (Å²) in [4.78, 5) is 12.6. The first-order chi connectivity index (χ1) is 10.7. The van der Waals surface area contributed by atoms with Crippen molar-refractivity contribution in [2.24, 2.45) is 11.3 Å². The molecular weight excluding hydrogens is 296 g/mol. The summed E-state index contributed by atoms with van der Waals surface area (Å²) < 4.78 is 1.45. The highest BCUT2D eigenvalue weighted by molar-refractivity contribution is 5.20. The van der Waals surface area contributed by atoms with E-state index in [9.17, 15) is 15.2 Å². The van der Waals surface area contributed by atoms with E-state index in [0.717, 1.165) is 6.54 Å². The van der Waals surface area contributed by atoms with Gasteiger partial charge in [0.1, 0.15) is 12.4 Å². The lowest BCUT2D eigenvalue weighted by atomic mass is 9.75. The third-order valence-electron chi connectivity index (χ3n) is 5.88. The molecule has 7 heteroatoms. The summed E-state index contributed by atoms with van der Waals surface area (Å²) in [5.74, 6) is 0.680. The molecule has 1 saturated carbocycles. The van der Waals surface area contributed by atoms with Crippen molar-refractivity contribution in [3.63, 3.8) is 0 Å². The zero-order valence-corrected chi connectivity index (χ0v) is 14.1. The Kier molecular flexibility index (Phi) is 3.96. The average Bonchev–Trinajstić information content (AvgIpc) is 3.03. The molecule has 7 nitrogen and oxygen atoms in total. The zero-order valence-electron chi connectivity index (χ0n) is 14.1. The number of fused-ring (bicyclic) bond motifs is 2. The molecule has 2 aliphatic rings. The fourth-order valence-corrected chi connectivity index (χ4v) is 4.37. The second-order valence-corrected chi connectivity index (χ2v) is 8.12. The molecule has 0 amide bonds. The van der Waals surface area contributed by atoms with Crippen LogP contribution in [0.1, 0.15) is 40.0 Å². The first-order valence-corrected chi connectivity index (χ1v) is 8.30. The molecule has 1 saturated heterocycles. The second kappa shape index (κ2) is 5.56. The standard InChI is InChI=1S/C16H26N4O3/c1-15(2)12-4-5-16(3,6-12)11-18(15)9-14(21)10-19-8-13(7-17-19)20(22)23/h7-8,12,14,21H,4-6,9-11H2,1-3H3/t12-,14?,16+/m0/s1. The lowest BCUT2D eigenvalue weighted by molar-refractivity contribution is -0.385. The molecule has 1 unspecified atom stereocenters. The zero-order chi connectivity index (χ0) is 16.8. The van der Waals surface area contributed by atoms with E-state index in [-0.39, 0.29) is 17.8 Å². The van der Waals surface area contributed by atoms with Crippen LogP contribution in [-0.2, 0) is 6.54 Å². The molecule has 1 aromatic rings. The van der Waals surface area contributed by atoms with Crippen LogP contribution in [-0.4, -0.2) is 49.4 Å². The van der Waals surface area contributed by atoms with E-state index in [1.807, 2.05) is 0 Å². The van der Waals surface area contributed by atoms with Gasteiger partial charge >= 0.3 is 5.69 Å². The number of aliphatic hydroxyl groups is 1. The second-order valence-electron chi connectivity index (χ2n) is 8.12. The number of hydrogen-bond acceptors (Lipinski definition) is 5. The predicted octanol–water partition coefficient (Wildman–Crippen LogP) is 2.05. The number of hydrogen-bond donors (Lipinski definition) is 1. The highest BCUT2D eigenvalue weighted by Crippen LogP contribution is 2.52. The molecule has 0 spiro atoms. The maximum absolute atomic E-state index is 10.7. The molecule has 3 atom stereocenters. The van der Waals surface area contributed by atoms with Gasteiger partial charge in [0.2, 0.25) is 0 Å². The number of likely N-dealkylation sites (tertiary alicyclic amines) is 1. The van der Waals surface area contributed by atoms with E-state index in [1.165, 1.54) is 36.3 Å². The Labute approximate surface area is 136 Å². The lowest BCUT2D eigenvalue weighted by Crippen LogP contribution is -2.57. The minimum Gasteiger partial charge on any atom is -0.390 e. The van der Waals surface area contributed by atoms with Crippen molar-refractivity contribution in [3.05, 3.63) is 22.5 Å². The average molecular weight is 322 g/mol. The third kappa shape index (κ3) is 3.12. The molecule has 23 heavy (non-hydrogen) atoms. The van der Waals surface area contributed by atoms with E-state index in [2.05, 4.69) is 30.8 Å². The van der Waals surface area contributed by atoms with E-state index in [1.54, 1.807) is 0 Å². The summed E-state index contributed by atoms with van der Waals surface area (Å²) in [7, 11) is 0. The monoisotopic (exact) mass is 322 g/mol. The molecule has 0 radical (unpaired) electrons. The van der Waals surface area contributed by atoms with Gasteiger partial charge in [-0.2, -0.15) is 5.10 Å². The van der Waals surface area contributed by atoms with Gasteiger partial charge in [-0.15, -0.1) is 0 Å². The van der Waals surface area contributed by atoms with Gasteiger partial charge in [0.05, 0.1) is 17.6 Å². The van der Waals surface area contributed by atoms with Crippen molar-refractivity contribution in [2.75, 3.05) is 13.1 Å². The summed E-state index contributed by atoms with van der Waals surface area (Å²) in [6, 6.07) is 0. The van der Waals surface area contributed by atoms with Gasteiger partial charge in [0.25, 0.3) is 0 Å². The Morgan fingerprint density at radius 1 is 1.48 bits per heavy atom. The van der Waals surface area contributed by atoms with Gasteiger partial charge in [0.15, 0.2) is 0 Å². The fourth-order valence-electron chi connectivity index (χ4n) is 4.37. The van der Waals surface area contributed by atoms with Crippen molar-refractivity contribution in [1.29, 1.82) is 0 Å². The van der Waals surface area contributed by atoms with E-state index in [4.69, 9.17) is 0 Å². The minimum atomic E-state index is -0.588. The Hall–Kier alpha value is -1.47. The normalized spacial score (nSPS) is 31.2. The summed E-state index contributed by atoms with van der Waals surface area (Å²) in [5.41, 5.74) is 0.415. The van der Waals surface area contributed by atoms with Gasteiger partial charge in [-0.3, -0.25) is 19.7 Å². The van der Waals surface area contributed by atoms with E-state index >= 15 is 0 Å². The number of β-amino-alcohol motifs (C(OH)–C–C–N with tert-alkyl or cyclic N) is 1. The van der Waals surface area contributed by atoms with Crippen LogP contribution in [0, 0.1) is 21.4 Å². The Balaban J connectivity index is 1.64. The summed E-state index contributed by atoms with van der Waals surface area (Å²) in [6.45, 7) is 8.75. The fraction of sp³-hybridized carbons (Fsp3) is 0.812. The first-order valence-electron chi connectivity index (χ1n) is 8.30. The maximum Gasteiger partial charge on any atom is 0.306 e. The first kappa shape index (κ1) is 16.4. The molecule has 2 heterocycles. The van der Waals surface area contributed by atoms with Crippen molar-refractivity contribution in [2.45, 2.75) is 58.2 Å². The van der Waals surface area contributed by atoms with Crippen LogP contribution in [0.25, 0.3) is 0 Å². The maximum atomic E-state index is 10.7. The highest BCUT2D eigenvalue weighted by atomic mass is 16.6. The number of aliphatic hydroxyl groups excluding tert-OH is 1. The van der Waals surface area contributed by atoms with Crippen LogP contribution in [0.15, 0.2) is 12.4 Å². The molecule has 128 valence electrons. The largest absolute Gasteiger partial charge is 0.390 e. The molecule has 1 N–H and O–H groups in total. The molecule has 0 aromatic carbocycles. The van der Waals surface area contributed by atoms with Gasteiger partial charge in [-0.05, 0) is 44.4 Å². The minimum absolute atomic E-state index is 0.0407. The van der Waals surface area contributed by atoms with Gasteiger partial charge in [-0.25, -0.2) is 0 Å².